The van der Waals surface area contributed by atoms with Crippen molar-refractivity contribution in [3.63, 3.8) is 0 Å². The van der Waals surface area contributed by atoms with Crippen LogP contribution in [0.3, 0.4) is 0 Å². The molecule has 0 aliphatic heterocycles. The van der Waals surface area contributed by atoms with Gasteiger partial charge in [0.05, 0.1) is 11.6 Å². The monoisotopic (exact) mass is 424 g/mol. The number of thioether (sulfide) groups is 1. The summed E-state index contributed by atoms with van der Waals surface area (Å²) < 4.78 is 14.6. The molecule has 1 amide bonds. The maximum absolute atomic E-state index is 13.1. The zero-order valence-electron chi connectivity index (χ0n) is 15.7. The number of hydrogen-bond donors (Lipinski definition) is 2. The van der Waals surface area contributed by atoms with Crippen molar-refractivity contribution in [1.29, 1.82) is 0 Å². The molecule has 10 heteroatoms. The Balaban J connectivity index is 1.44. The van der Waals surface area contributed by atoms with Crippen LogP contribution in [0.2, 0.25) is 0 Å². The fourth-order valence-corrected chi connectivity index (χ4v) is 3.52. The van der Waals surface area contributed by atoms with Gasteiger partial charge in [0, 0.05) is 12.1 Å². The molecule has 0 bridgehead atoms. The van der Waals surface area contributed by atoms with Crippen molar-refractivity contribution in [2.45, 2.75) is 12.3 Å². The minimum atomic E-state index is -0.393. The van der Waals surface area contributed by atoms with Gasteiger partial charge in [0.2, 0.25) is 5.91 Å². The van der Waals surface area contributed by atoms with Crippen molar-refractivity contribution in [3.05, 3.63) is 82.2 Å². The number of hydrogen-bond acceptors (Lipinski definition) is 6. The highest BCUT2D eigenvalue weighted by atomic mass is 32.2. The van der Waals surface area contributed by atoms with E-state index in [4.69, 9.17) is 0 Å². The number of carbonyl (C=O) groups excluding carboxylic acids is 1. The number of H-pyrrole nitrogens is 1. The van der Waals surface area contributed by atoms with Gasteiger partial charge in [-0.2, -0.15) is 0 Å². The Hall–Kier alpha value is -3.53. The highest BCUT2D eigenvalue weighted by Crippen LogP contribution is 2.13. The molecule has 0 spiro atoms. The number of nitrogens with one attached hydrogen (secondary N) is 2. The van der Waals surface area contributed by atoms with E-state index in [1.165, 1.54) is 28.6 Å². The van der Waals surface area contributed by atoms with Crippen molar-refractivity contribution in [3.8, 4) is 0 Å². The fraction of sp³-hybridized carbons (Fsp3) is 0.150. The molecule has 0 saturated heterocycles. The molecule has 2 heterocycles. The minimum absolute atomic E-state index is 0.132. The van der Waals surface area contributed by atoms with Gasteiger partial charge in [-0.25, -0.2) is 14.1 Å². The van der Waals surface area contributed by atoms with E-state index in [0.717, 1.165) is 11.3 Å². The summed E-state index contributed by atoms with van der Waals surface area (Å²) in [4.78, 5) is 31.5. The van der Waals surface area contributed by atoms with Gasteiger partial charge < -0.3 is 10.3 Å². The van der Waals surface area contributed by atoms with Crippen LogP contribution in [0.15, 0.2) is 59.4 Å². The molecule has 2 aromatic carbocycles. The molecule has 2 aromatic heterocycles. The average molecular weight is 424 g/mol. The topological polar surface area (TPSA) is 106 Å². The lowest BCUT2D eigenvalue weighted by atomic mass is 10.1. The summed E-state index contributed by atoms with van der Waals surface area (Å²) in [5, 5.41) is 10.7. The second kappa shape index (κ2) is 8.87. The first-order valence-corrected chi connectivity index (χ1v) is 10.2. The first-order chi connectivity index (χ1) is 14.6. The Kier molecular flexibility index (Phi) is 5.84. The Morgan fingerprint density at radius 1 is 1.13 bits per heavy atom. The third-order valence-corrected chi connectivity index (χ3v) is 5.11. The highest BCUT2D eigenvalue weighted by molar-refractivity contribution is 7.99. The number of carbonyl (C=O) groups is 1. The van der Waals surface area contributed by atoms with Gasteiger partial charge in [-0.3, -0.25) is 9.59 Å². The Morgan fingerprint density at radius 3 is 2.67 bits per heavy atom. The predicted octanol–water partition coefficient (Wildman–Crippen LogP) is 2.57. The van der Waals surface area contributed by atoms with Crippen molar-refractivity contribution in [2.24, 2.45) is 0 Å². The van der Waals surface area contributed by atoms with E-state index in [1.807, 2.05) is 30.3 Å². The number of anilines is 1. The molecule has 0 aliphatic carbocycles. The van der Waals surface area contributed by atoms with Crippen LogP contribution in [0.25, 0.3) is 11.2 Å². The Bertz CT molecular complexity index is 1220. The van der Waals surface area contributed by atoms with E-state index < -0.39 is 5.56 Å². The lowest BCUT2D eigenvalue weighted by Crippen LogP contribution is -2.15. The van der Waals surface area contributed by atoms with Gasteiger partial charge in [0.25, 0.3) is 5.56 Å². The lowest BCUT2D eigenvalue weighted by Gasteiger charge is -2.06. The van der Waals surface area contributed by atoms with E-state index in [1.54, 1.807) is 12.1 Å². The number of halogens is 1. The van der Waals surface area contributed by atoms with Crippen molar-refractivity contribution < 1.29 is 9.18 Å². The number of aromatic nitrogens is 5. The number of nitrogens with zero attached hydrogens (tertiary/aromatic N) is 4. The van der Waals surface area contributed by atoms with Gasteiger partial charge in [-0.15, -0.1) is 16.9 Å². The maximum atomic E-state index is 13.1. The molecule has 0 atom stereocenters. The van der Waals surface area contributed by atoms with Crippen LogP contribution < -0.4 is 10.9 Å². The SMILES string of the molecule is O=C(CSCn1nnc2c(=O)[nH]c(Cc3ccc(F)cc3)nc21)Nc1ccccc1. The zero-order chi connectivity index (χ0) is 20.9. The summed E-state index contributed by atoms with van der Waals surface area (Å²) >= 11 is 1.32. The van der Waals surface area contributed by atoms with E-state index in [-0.39, 0.29) is 23.0 Å². The molecule has 0 fully saturated rings. The van der Waals surface area contributed by atoms with Gasteiger partial charge >= 0.3 is 0 Å². The number of fused-ring (bicyclic) bond motifs is 1. The summed E-state index contributed by atoms with van der Waals surface area (Å²) in [6.07, 6.45) is 0.337. The number of rotatable bonds is 7. The number of amides is 1. The van der Waals surface area contributed by atoms with Crippen molar-refractivity contribution in [1.82, 2.24) is 25.0 Å². The summed E-state index contributed by atoms with van der Waals surface area (Å²) in [5.74, 6) is 0.478. The Labute approximate surface area is 174 Å². The number of para-hydroxylation sites is 1. The van der Waals surface area contributed by atoms with E-state index in [2.05, 4.69) is 25.6 Å². The predicted molar refractivity (Wildman–Crippen MR) is 113 cm³/mol. The Morgan fingerprint density at radius 2 is 1.90 bits per heavy atom. The van der Waals surface area contributed by atoms with Gasteiger partial charge in [-0.05, 0) is 29.8 Å². The molecule has 0 saturated carbocycles. The smallest absolute Gasteiger partial charge is 0.281 e. The van der Waals surface area contributed by atoms with Crippen LogP contribution in [0.4, 0.5) is 10.1 Å². The van der Waals surface area contributed by atoms with E-state index in [0.29, 0.717) is 23.8 Å². The summed E-state index contributed by atoms with van der Waals surface area (Å²) in [6, 6.07) is 15.2. The number of benzene rings is 2. The first kappa shape index (κ1) is 19.8. The molecule has 0 unspecified atom stereocenters. The van der Waals surface area contributed by atoms with Crippen LogP contribution >= 0.6 is 11.8 Å². The highest BCUT2D eigenvalue weighted by Gasteiger charge is 2.13. The third kappa shape index (κ3) is 4.71. The van der Waals surface area contributed by atoms with E-state index in [9.17, 15) is 14.0 Å². The fourth-order valence-electron chi connectivity index (χ4n) is 2.82. The zero-order valence-corrected chi connectivity index (χ0v) is 16.5. The van der Waals surface area contributed by atoms with Crippen LogP contribution in [0.5, 0.6) is 0 Å². The largest absolute Gasteiger partial charge is 0.325 e. The first-order valence-electron chi connectivity index (χ1n) is 9.08. The second-order valence-corrected chi connectivity index (χ2v) is 7.42. The van der Waals surface area contributed by atoms with Gasteiger partial charge in [0.15, 0.2) is 11.2 Å². The quantitative estimate of drug-likeness (QED) is 0.472. The standard InChI is InChI=1S/C20H17FN6O2S/c21-14-8-6-13(7-9-14)10-16-23-19-18(20(29)24-16)25-26-27(19)12-30-11-17(28)22-15-4-2-1-3-5-15/h1-9H,10-12H2,(H,22,28)(H,23,24,29). The van der Waals surface area contributed by atoms with Crippen molar-refractivity contribution >= 4 is 34.5 Å². The average Bonchev–Trinajstić information content (AvgIpc) is 3.14. The molecular weight excluding hydrogens is 407 g/mol. The molecular formula is C20H17FN6O2S. The second-order valence-electron chi connectivity index (χ2n) is 6.47. The van der Waals surface area contributed by atoms with Gasteiger partial charge in [0.1, 0.15) is 11.6 Å². The molecule has 152 valence electrons. The molecule has 30 heavy (non-hydrogen) atoms. The molecule has 0 aliphatic rings. The molecule has 2 N–H and O–H groups in total. The third-order valence-electron chi connectivity index (χ3n) is 4.21. The molecule has 4 rings (SSSR count). The van der Waals surface area contributed by atoms with E-state index >= 15 is 0 Å². The maximum Gasteiger partial charge on any atom is 0.281 e. The molecule has 8 nitrogen and oxygen atoms in total. The van der Waals surface area contributed by atoms with Crippen LogP contribution in [-0.4, -0.2) is 36.6 Å². The minimum Gasteiger partial charge on any atom is -0.325 e. The normalized spacial score (nSPS) is 11.0. The summed E-state index contributed by atoms with van der Waals surface area (Å²) in [7, 11) is 0. The summed E-state index contributed by atoms with van der Waals surface area (Å²) in [5.41, 5.74) is 1.62. The van der Waals surface area contributed by atoms with Crippen LogP contribution in [0.1, 0.15) is 11.4 Å². The van der Waals surface area contributed by atoms with Crippen molar-refractivity contribution in [2.75, 3.05) is 11.1 Å². The molecule has 4 aromatic rings. The molecule has 0 radical (unpaired) electrons. The number of aromatic amines is 1. The van der Waals surface area contributed by atoms with Gasteiger partial charge in [-0.1, -0.05) is 35.5 Å². The van der Waals surface area contributed by atoms with Crippen LogP contribution in [0, 0.1) is 5.82 Å². The van der Waals surface area contributed by atoms with Crippen LogP contribution in [-0.2, 0) is 17.1 Å². The summed E-state index contributed by atoms with van der Waals surface area (Å²) in [6.45, 7) is 0. The lowest BCUT2D eigenvalue weighted by molar-refractivity contribution is -0.113.